The molecule has 0 spiro atoms. The summed E-state index contributed by atoms with van der Waals surface area (Å²) in [5, 5.41) is 3.83. The van der Waals surface area contributed by atoms with Crippen molar-refractivity contribution in [2.45, 2.75) is 37.8 Å². The van der Waals surface area contributed by atoms with Gasteiger partial charge in [-0.15, -0.1) is 0 Å². The van der Waals surface area contributed by atoms with E-state index in [1.165, 1.54) is 6.39 Å². The van der Waals surface area contributed by atoms with Crippen LogP contribution in [0.25, 0.3) is 11.4 Å². The molecule has 1 aromatic carbocycles. The fourth-order valence-electron chi connectivity index (χ4n) is 2.62. The first-order chi connectivity index (χ1) is 10.3. The highest BCUT2D eigenvalue weighted by Crippen LogP contribution is 2.32. The van der Waals surface area contributed by atoms with E-state index in [1.807, 2.05) is 18.2 Å². The van der Waals surface area contributed by atoms with Crippen LogP contribution in [0.2, 0.25) is 0 Å². The Morgan fingerprint density at radius 3 is 2.71 bits per heavy atom. The van der Waals surface area contributed by atoms with Gasteiger partial charge in [-0.3, -0.25) is 0 Å². The number of nitrogens with zero attached hydrogens (tertiary/aromatic N) is 2. The van der Waals surface area contributed by atoms with Gasteiger partial charge in [0.2, 0.25) is 12.2 Å². The van der Waals surface area contributed by atoms with Crippen LogP contribution in [-0.4, -0.2) is 29.4 Å². The number of rotatable bonds is 4. The molecule has 21 heavy (non-hydrogen) atoms. The second-order valence-corrected chi connectivity index (χ2v) is 5.27. The maximum atomic E-state index is 6.02. The average molecular weight is 289 g/mol. The predicted octanol–water partition coefficient (Wildman–Crippen LogP) is 2.39. The zero-order valence-corrected chi connectivity index (χ0v) is 12.0. The zero-order chi connectivity index (χ0) is 14.7. The smallest absolute Gasteiger partial charge is 0.214 e. The van der Waals surface area contributed by atoms with Gasteiger partial charge in [0.05, 0.1) is 18.8 Å². The van der Waals surface area contributed by atoms with Crippen LogP contribution in [-0.2, 0) is 0 Å². The Bertz CT molecular complexity index is 578. The molecule has 112 valence electrons. The standard InChI is InChI=1S/C15H19N3O3/c1-19-14-8-12(21-11-4-2-10(16)3-5-11)6-7-13(14)15-17-9-20-18-15/h6-11H,2-5,16H2,1H3. The molecule has 0 bridgehead atoms. The first-order valence-electron chi connectivity index (χ1n) is 7.13. The number of hydrogen-bond acceptors (Lipinski definition) is 6. The SMILES string of the molecule is COc1cc(OC2CCC(N)CC2)ccc1-c1ncon1. The van der Waals surface area contributed by atoms with Crippen molar-refractivity contribution in [2.75, 3.05) is 7.11 Å². The van der Waals surface area contributed by atoms with Crippen molar-refractivity contribution in [3.63, 3.8) is 0 Å². The fourth-order valence-corrected chi connectivity index (χ4v) is 2.62. The van der Waals surface area contributed by atoms with E-state index in [0.29, 0.717) is 17.6 Å². The molecular weight excluding hydrogens is 270 g/mol. The van der Waals surface area contributed by atoms with Crippen LogP contribution in [0.4, 0.5) is 0 Å². The minimum atomic E-state index is 0.227. The molecule has 3 rings (SSSR count). The van der Waals surface area contributed by atoms with Crippen LogP contribution in [0.3, 0.4) is 0 Å². The van der Waals surface area contributed by atoms with E-state index in [9.17, 15) is 0 Å². The lowest BCUT2D eigenvalue weighted by molar-refractivity contribution is 0.147. The number of benzene rings is 1. The Kier molecular flexibility index (Phi) is 4.06. The van der Waals surface area contributed by atoms with E-state index < -0.39 is 0 Å². The molecule has 0 saturated heterocycles. The molecule has 0 amide bonds. The summed E-state index contributed by atoms with van der Waals surface area (Å²) in [5.74, 6) is 1.96. The summed E-state index contributed by atoms with van der Waals surface area (Å²) in [6.07, 6.45) is 5.55. The molecule has 1 fully saturated rings. The zero-order valence-electron chi connectivity index (χ0n) is 12.0. The fraction of sp³-hybridized carbons (Fsp3) is 0.467. The monoisotopic (exact) mass is 289 g/mol. The first-order valence-corrected chi connectivity index (χ1v) is 7.13. The third-order valence-corrected chi connectivity index (χ3v) is 3.80. The van der Waals surface area contributed by atoms with Crippen LogP contribution >= 0.6 is 0 Å². The molecule has 6 heteroatoms. The lowest BCUT2D eigenvalue weighted by Crippen LogP contribution is -2.31. The van der Waals surface area contributed by atoms with Crippen molar-refractivity contribution in [1.82, 2.24) is 10.1 Å². The van der Waals surface area contributed by atoms with Gasteiger partial charge in [0, 0.05) is 12.1 Å². The van der Waals surface area contributed by atoms with Gasteiger partial charge >= 0.3 is 0 Å². The molecule has 1 heterocycles. The minimum absolute atomic E-state index is 0.227. The minimum Gasteiger partial charge on any atom is -0.496 e. The Hall–Kier alpha value is -2.08. The van der Waals surface area contributed by atoms with E-state index in [0.717, 1.165) is 37.0 Å². The van der Waals surface area contributed by atoms with Gasteiger partial charge in [0.25, 0.3) is 0 Å². The number of methoxy groups -OCH3 is 1. The van der Waals surface area contributed by atoms with Gasteiger partial charge in [0.15, 0.2) is 0 Å². The molecule has 1 aliphatic rings. The lowest BCUT2D eigenvalue weighted by Gasteiger charge is -2.27. The van der Waals surface area contributed by atoms with Gasteiger partial charge in [-0.05, 0) is 37.8 Å². The van der Waals surface area contributed by atoms with Crippen LogP contribution in [0.5, 0.6) is 11.5 Å². The topological polar surface area (TPSA) is 83.4 Å². The van der Waals surface area contributed by atoms with E-state index in [4.69, 9.17) is 19.7 Å². The van der Waals surface area contributed by atoms with Crippen LogP contribution in [0.1, 0.15) is 25.7 Å². The van der Waals surface area contributed by atoms with Gasteiger partial charge < -0.3 is 19.7 Å². The largest absolute Gasteiger partial charge is 0.496 e. The maximum absolute atomic E-state index is 6.02. The van der Waals surface area contributed by atoms with Crippen LogP contribution in [0.15, 0.2) is 29.1 Å². The van der Waals surface area contributed by atoms with E-state index in [-0.39, 0.29) is 6.10 Å². The first kappa shape index (κ1) is 13.9. The number of hydrogen-bond donors (Lipinski definition) is 1. The summed E-state index contributed by atoms with van der Waals surface area (Å²) in [6, 6.07) is 5.97. The number of aromatic nitrogens is 2. The molecule has 0 unspecified atom stereocenters. The average Bonchev–Trinajstić information content (AvgIpc) is 3.03. The summed E-state index contributed by atoms with van der Waals surface area (Å²) in [5.41, 5.74) is 6.69. The summed E-state index contributed by atoms with van der Waals surface area (Å²) < 4.78 is 16.2. The van der Waals surface area contributed by atoms with Crippen LogP contribution in [0, 0.1) is 0 Å². The highest BCUT2D eigenvalue weighted by atomic mass is 16.5. The van der Waals surface area contributed by atoms with Gasteiger partial charge in [-0.1, -0.05) is 5.16 Å². The Morgan fingerprint density at radius 2 is 2.05 bits per heavy atom. The van der Waals surface area contributed by atoms with Crippen molar-refractivity contribution < 1.29 is 14.0 Å². The summed E-state index contributed by atoms with van der Waals surface area (Å²) in [7, 11) is 1.61. The number of ether oxygens (including phenoxy) is 2. The Morgan fingerprint density at radius 1 is 1.24 bits per heavy atom. The molecule has 0 radical (unpaired) electrons. The lowest BCUT2D eigenvalue weighted by atomic mass is 9.94. The summed E-state index contributed by atoms with van der Waals surface area (Å²) in [4.78, 5) is 4.04. The van der Waals surface area contributed by atoms with Gasteiger partial charge in [0.1, 0.15) is 11.5 Å². The summed E-state index contributed by atoms with van der Waals surface area (Å²) >= 11 is 0. The Labute approximate surface area is 123 Å². The molecule has 1 aliphatic carbocycles. The van der Waals surface area contributed by atoms with E-state index in [1.54, 1.807) is 7.11 Å². The van der Waals surface area contributed by atoms with Crippen molar-refractivity contribution in [3.8, 4) is 22.9 Å². The third kappa shape index (κ3) is 3.16. The maximum Gasteiger partial charge on any atom is 0.214 e. The van der Waals surface area contributed by atoms with Crippen molar-refractivity contribution in [2.24, 2.45) is 5.73 Å². The molecular formula is C15H19N3O3. The van der Waals surface area contributed by atoms with Gasteiger partial charge in [-0.2, -0.15) is 4.98 Å². The molecule has 1 saturated carbocycles. The quantitative estimate of drug-likeness (QED) is 0.930. The summed E-state index contributed by atoms with van der Waals surface area (Å²) in [6.45, 7) is 0. The predicted molar refractivity (Wildman–Crippen MR) is 77.1 cm³/mol. The van der Waals surface area contributed by atoms with E-state index >= 15 is 0 Å². The normalized spacial score (nSPS) is 22.0. The van der Waals surface area contributed by atoms with Crippen molar-refractivity contribution >= 4 is 0 Å². The number of nitrogens with two attached hydrogens (primary N) is 1. The highest BCUT2D eigenvalue weighted by Gasteiger charge is 2.20. The van der Waals surface area contributed by atoms with Crippen LogP contribution < -0.4 is 15.2 Å². The highest BCUT2D eigenvalue weighted by molar-refractivity contribution is 5.65. The van der Waals surface area contributed by atoms with Crippen molar-refractivity contribution in [3.05, 3.63) is 24.6 Å². The van der Waals surface area contributed by atoms with E-state index in [2.05, 4.69) is 10.1 Å². The van der Waals surface area contributed by atoms with Gasteiger partial charge in [-0.25, -0.2) is 0 Å². The molecule has 6 nitrogen and oxygen atoms in total. The molecule has 1 aromatic heterocycles. The molecule has 2 aromatic rings. The van der Waals surface area contributed by atoms with Crippen molar-refractivity contribution in [1.29, 1.82) is 0 Å². The second-order valence-electron chi connectivity index (χ2n) is 5.27. The Balaban J connectivity index is 1.75. The molecule has 0 atom stereocenters. The second kappa shape index (κ2) is 6.13. The molecule has 2 N–H and O–H groups in total. The molecule has 0 aliphatic heterocycles. The third-order valence-electron chi connectivity index (χ3n) is 3.80.